The maximum absolute atomic E-state index is 11.7. The van der Waals surface area contributed by atoms with Gasteiger partial charge in [0.05, 0.1) is 0 Å². The molecule has 0 spiro atoms. The predicted octanol–water partition coefficient (Wildman–Crippen LogP) is 1.07. The minimum atomic E-state index is -0.145. The van der Waals surface area contributed by atoms with Gasteiger partial charge in [0, 0.05) is 18.2 Å². The maximum Gasteiger partial charge on any atom is 0.256 e. The molecule has 0 atom stereocenters. The number of nitrogens with zero attached hydrogens (tertiary/aromatic N) is 1. The Morgan fingerprint density at radius 2 is 1.82 bits per heavy atom. The molecule has 1 fully saturated rings. The Morgan fingerprint density at radius 3 is 2.29 bits per heavy atom. The fourth-order valence-electron chi connectivity index (χ4n) is 2.72. The van der Waals surface area contributed by atoms with E-state index >= 15 is 0 Å². The molecule has 1 aliphatic heterocycles. The van der Waals surface area contributed by atoms with Crippen LogP contribution in [0.4, 0.5) is 0 Å². The summed E-state index contributed by atoms with van der Waals surface area (Å²) in [6.07, 6.45) is 5.86. The van der Waals surface area contributed by atoms with Crippen molar-refractivity contribution in [2.45, 2.75) is 32.6 Å². The standard InChI is InChI=1S/C13H20N2O2/c1-9-6-12(16)15(13(9)17)8-11-4-2-10(7-14)3-5-11/h6,10-11H,2-5,7-8,14H2,1H3. The summed E-state index contributed by atoms with van der Waals surface area (Å²) in [5.74, 6) is 0.838. The van der Waals surface area contributed by atoms with Gasteiger partial charge in [-0.15, -0.1) is 0 Å². The zero-order valence-electron chi connectivity index (χ0n) is 10.3. The van der Waals surface area contributed by atoms with Gasteiger partial charge in [-0.3, -0.25) is 14.5 Å². The number of carbonyl (C=O) groups excluding carboxylic acids is 2. The van der Waals surface area contributed by atoms with Gasteiger partial charge in [-0.1, -0.05) is 0 Å². The SMILES string of the molecule is CC1=CC(=O)N(CC2CCC(CN)CC2)C1=O. The highest BCUT2D eigenvalue weighted by molar-refractivity contribution is 6.15. The van der Waals surface area contributed by atoms with E-state index in [0.29, 0.717) is 24.0 Å². The first kappa shape index (κ1) is 12.3. The summed E-state index contributed by atoms with van der Waals surface area (Å²) in [5, 5.41) is 0. The molecule has 1 aliphatic carbocycles. The van der Waals surface area contributed by atoms with Crippen molar-refractivity contribution in [1.29, 1.82) is 0 Å². The van der Waals surface area contributed by atoms with E-state index in [1.165, 1.54) is 11.0 Å². The van der Waals surface area contributed by atoms with Gasteiger partial charge in [-0.05, 0) is 51.0 Å². The number of nitrogens with two attached hydrogens (primary N) is 1. The minimum Gasteiger partial charge on any atom is -0.330 e. The van der Waals surface area contributed by atoms with Crippen molar-refractivity contribution in [2.75, 3.05) is 13.1 Å². The molecule has 1 saturated carbocycles. The lowest BCUT2D eigenvalue weighted by Crippen LogP contribution is -2.37. The molecule has 4 heteroatoms. The number of imide groups is 1. The predicted molar refractivity (Wildman–Crippen MR) is 65.0 cm³/mol. The monoisotopic (exact) mass is 236 g/mol. The Hall–Kier alpha value is -1.16. The summed E-state index contributed by atoms with van der Waals surface area (Å²) in [7, 11) is 0. The first-order valence-corrected chi connectivity index (χ1v) is 6.36. The Labute approximate surface area is 102 Å². The molecule has 4 nitrogen and oxygen atoms in total. The van der Waals surface area contributed by atoms with E-state index in [0.717, 1.165) is 32.2 Å². The maximum atomic E-state index is 11.7. The Kier molecular flexibility index (Phi) is 3.62. The fourth-order valence-corrected chi connectivity index (χ4v) is 2.72. The third-order valence-corrected chi connectivity index (χ3v) is 3.93. The lowest BCUT2D eigenvalue weighted by Gasteiger charge is -2.30. The van der Waals surface area contributed by atoms with Gasteiger partial charge in [0.15, 0.2) is 0 Å². The average Bonchev–Trinajstić information content (AvgIpc) is 2.57. The number of rotatable bonds is 3. The van der Waals surface area contributed by atoms with Crippen molar-refractivity contribution in [1.82, 2.24) is 4.90 Å². The third kappa shape index (κ3) is 2.57. The third-order valence-electron chi connectivity index (χ3n) is 3.93. The van der Waals surface area contributed by atoms with E-state index < -0.39 is 0 Å². The quantitative estimate of drug-likeness (QED) is 0.745. The largest absolute Gasteiger partial charge is 0.330 e. The minimum absolute atomic E-state index is 0.115. The van der Waals surface area contributed by atoms with Gasteiger partial charge < -0.3 is 5.73 Å². The lowest BCUT2D eigenvalue weighted by atomic mass is 9.82. The van der Waals surface area contributed by atoms with E-state index in [-0.39, 0.29) is 11.8 Å². The average molecular weight is 236 g/mol. The van der Waals surface area contributed by atoms with Crippen molar-refractivity contribution < 1.29 is 9.59 Å². The lowest BCUT2D eigenvalue weighted by molar-refractivity contribution is -0.138. The van der Waals surface area contributed by atoms with Crippen LogP contribution >= 0.6 is 0 Å². The van der Waals surface area contributed by atoms with E-state index in [9.17, 15) is 9.59 Å². The summed E-state index contributed by atoms with van der Waals surface area (Å²) >= 11 is 0. The number of hydrogen-bond acceptors (Lipinski definition) is 3. The second-order valence-corrected chi connectivity index (χ2v) is 5.20. The molecule has 2 rings (SSSR count). The molecule has 0 radical (unpaired) electrons. The molecular weight excluding hydrogens is 216 g/mol. The second-order valence-electron chi connectivity index (χ2n) is 5.20. The van der Waals surface area contributed by atoms with Crippen LogP contribution in [-0.2, 0) is 9.59 Å². The highest BCUT2D eigenvalue weighted by Gasteiger charge is 2.31. The van der Waals surface area contributed by atoms with E-state index in [1.807, 2.05) is 0 Å². The van der Waals surface area contributed by atoms with E-state index in [1.54, 1.807) is 6.92 Å². The molecule has 0 saturated heterocycles. The van der Waals surface area contributed by atoms with Gasteiger partial charge in [0.2, 0.25) is 0 Å². The van der Waals surface area contributed by atoms with Crippen molar-refractivity contribution in [2.24, 2.45) is 17.6 Å². The van der Waals surface area contributed by atoms with Gasteiger partial charge in [0.1, 0.15) is 0 Å². The van der Waals surface area contributed by atoms with Crippen molar-refractivity contribution in [3.05, 3.63) is 11.6 Å². The molecule has 2 aliphatic rings. The van der Waals surface area contributed by atoms with Crippen LogP contribution in [0.2, 0.25) is 0 Å². The van der Waals surface area contributed by atoms with Crippen LogP contribution in [0.1, 0.15) is 32.6 Å². The van der Waals surface area contributed by atoms with Crippen LogP contribution < -0.4 is 5.73 Å². The van der Waals surface area contributed by atoms with Crippen molar-refractivity contribution in [3.63, 3.8) is 0 Å². The topological polar surface area (TPSA) is 63.4 Å². The molecule has 17 heavy (non-hydrogen) atoms. The molecule has 1 heterocycles. The van der Waals surface area contributed by atoms with Crippen LogP contribution in [0, 0.1) is 11.8 Å². The van der Waals surface area contributed by atoms with Crippen LogP contribution in [-0.4, -0.2) is 29.8 Å². The van der Waals surface area contributed by atoms with E-state index in [4.69, 9.17) is 5.73 Å². The first-order valence-electron chi connectivity index (χ1n) is 6.36. The molecule has 2 N–H and O–H groups in total. The Bertz CT molecular complexity index is 354. The second kappa shape index (κ2) is 5.00. The molecular formula is C13H20N2O2. The summed E-state index contributed by atoms with van der Waals surface area (Å²) < 4.78 is 0. The number of amides is 2. The Morgan fingerprint density at radius 1 is 1.24 bits per heavy atom. The van der Waals surface area contributed by atoms with Crippen LogP contribution in [0.15, 0.2) is 11.6 Å². The molecule has 0 aromatic heterocycles. The normalized spacial score (nSPS) is 29.8. The first-order chi connectivity index (χ1) is 8.11. The molecule has 2 amide bonds. The summed E-state index contributed by atoms with van der Waals surface area (Å²) in [5.41, 5.74) is 6.21. The summed E-state index contributed by atoms with van der Waals surface area (Å²) in [6.45, 7) is 3.04. The molecule has 0 aromatic carbocycles. The number of hydrogen-bond donors (Lipinski definition) is 1. The highest BCUT2D eigenvalue weighted by atomic mass is 16.2. The van der Waals surface area contributed by atoms with Gasteiger partial charge in [-0.25, -0.2) is 0 Å². The Balaban J connectivity index is 1.87. The summed E-state index contributed by atoms with van der Waals surface area (Å²) in [6, 6.07) is 0. The molecule has 0 unspecified atom stereocenters. The molecule has 94 valence electrons. The van der Waals surface area contributed by atoms with Crippen LogP contribution in [0.25, 0.3) is 0 Å². The zero-order chi connectivity index (χ0) is 12.4. The fraction of sp³-hybridized carbons (Fsp3) is 0.692. The number of carbonyl (C=O) groups is 2. The highest BCUT2D eigenvalue weighted by Crippen LogP contribution is 2.29. The molecule has 0 bridgehead atoms. The van der Waals surface area contributed by atoms with Gasteiger partial charge in [-0.2, -0.15) is 0 Å². The van der Waals surface area contributed by atoms with Crippen LogP contribution in [0.3, 0.4) is 0 Å². The van der Waals surface area contributed by atoms with Crippen molar-refractivity contribution >= 4 is 11.8 Å². The van der Waals surface area contributed by atoms with Gasteiger partial charge in [0.25, 0.3) is 11.8 Å². The van der Waals surface area contributed by atoms with Crippen LogP contribution in [0.5, 0.6) is 0 Å². The smallest absolute Gasteiger partial charge is 0.256 e. The van der Waals surface area contributed by atoms with Gasteiger partial charge >= 0.3 is 0 Å². The zero-order valence-corrected chi connectivity index (χ0v) is 10.3. The van der Waals surface area contributed by atoms with E-state index in [2.05, 4.69) is 0 Å². The summed E-state index contributed by atoms with van der Waals surface area (Å²) in [4.78, 5) is 24.7. The molecule has 0 aromatic rings. The van der Waals surface area contributed by atoms with Crippen molar-refractivity contribution in [3.8, 4) is 0 Å².